The number of rotatable bonds is 5. The van der Waals surface area contributed by atoms with E-state index in [9.17, 15) is 13.2 Å². The quantitative estimate of drug-likeness (QED) is 0.692. The van der Waals surface area contributed by atoms with Crippen molar-refractivity contribution < 1.29 is 17.9 Å². The van der Waals surface area contributed by atoms with E-state index in [0.29, 0.717) is 36.9 Å². The highest BCUT2D eigenvalue weighted by atomic mass is 32.2. The average Bonchev–Trinajstić information content (AvgIpc) is 3.39. The Labute approximate surface area is 186 Å². The van der Waals surface area contributed by atoms with Crippen molar-refractivity contribution >= 4 is 15.7 Å². The number of sulfone groups is 1. The molecule has 1 aliphatic carbocycles. The number of aryl methyl sites for hydroxylation is 2. The van der Waals surface area contributed by atoms with Gasteiger partial charge in [-0.15, -0.1) is 0 Å². The molecule has 0 N–H and O–H groups in total. The molecular weight excluding hydrogens is 412 g/mol. The fourth-order valence-corrected chi connectivity index (χ4v) is 7.59. The summed E-state index contributed by atoms with van der Waals surface area (Å²) in [6.45, 7) is 8.60. The van der Waals surface area contributed by atoms with E-state index in [1.54, 1.807) is 12.1 Å². The van der Waals surface area contributed by atoms with Gasteiger partial charge in [-0.25, -0.2) is 8.42 Å². The average molecular weight is 449 g/mol. The minimum Gasteiger partial charge on any atom is -0.377 e. The van der Waals surface area contributed by atoms with Crippen LogP contribution >= 0.6 is 0 Å². The van der Waals surface area contributed by atoms with Crippen LogP contribution < -0.4 is 0 Å². The fraction of sp³-hybridized carbons (Fsp3) is 0.708. The standard InChI is InChI=1S/C24H36N2O4S/c1-19-8-9-22(17-20(19)2)31(28,29)24(10-3-4-11-24)23(27)26-13-6-12-25(14-15-26)18-21-7-5-16-30-21/h8-9,17,21H,3-7,10-16,18H2,1-2H3/t21-/m0/s1. The lowest BCUT2D eigenvalue weighted by molar-refractivity contribution is -0.133. The van der Waals surface area contributed by atoms with E-state index < -0.39 is 14.6 Å². The van der Waals surface area contributed by atoms with E-state index in [1.807, 2.05) is 24.8 Å². The minimum atomic E-state index is -3.76. The number of nitrogens with zero attached hydrogens (tertiary/aromatic N) is 2. The van der Waals surface area contributed by atoms with E-state index in [4.69, 9.17) is 4.74 Å². The van der Waals surface area contributed by atoms with E-state index in [0.717, 1.165) is 69.5 Å². The molecule has 7 heteroatoms. The predicted octanol–water partition coefficient (Wildman–Crippen LogP) is 3.10. The number of carbonyl (C=O) groups is 1. The number of hydrogen-bond donors (Lipinski definition) is 0. The molecule has 4 rings (SSSR count). The summed E-state index contributed by atoms with van der Waals surface area (Å²) in [4.78, 5) is 18.3. The molecular formula is C24H36N2O4S. The first-order valence-electron chi connectivity index (χ1n) is 11.8. The Morgan fingerprint density at radius 2 is 1.81 bits per heavy atom. The molecule has 3 aliphatic rings. The Morgan fingerprint density at radius 1 is 1.03 bits per heavy atom. The van der Waals surface area contributed by atoms with Crippen molar-refractivity contribution in [2.45, 2.75) is 74.5 Å². The summed E-state index contributed by atoms with van der Waals surface area (Å²) in [5.74, 6) is -0.179. The van der Waals surface area contributed by atoms with Crippen LogP contribution in [-0.4, -0.2) is 74.3 Å². The van der Waals surface area contributed by atoms with Gasteiger partial charge < -0.3 is 9.64 Å². The van der Waals surface area contributed by atoms with Gasteiger partial charge in [-0.3, -0.25) is 9.69 Å². The van der Waals surface area contributed by atoms with E-state index >= 15 is 0 Å². The topological polar surface area (TPSA) is 66.9 Å². The highest BCUT2D eigenvalue weighted by Crippen LogP contribution is 2.42. The third kappa shape index (κ3) is 4.41. The highest BCUT2D eigenvalue weighted by Gasteiger charge is 2.54. The van der Waals surface area contributed by atoms with Crippen LogP contribution in [0.15, 0.2) is 23.1 Å². The summed E-state index contributed by atoms with van der Waals surface area (Å²) in [6.07, 6.45) is 5.84. The normalized spacial score (nSPS) is 25.0. The van der Waals surface area contributed by atoms with Crippen LogP contribution in [0.3, 0.4) is 0 Å². The van der Waals surface area contributed by atoms with E-state index in [-0.39, 0.29) is 5.91 Å². The Hall–Kier alpha value is -1.44. The molecule has 31 heavy (non-hydrogen) atoms. The van der Waals surface area contributed by atoms with Gasteiger partial charge in [0.1, 0.15) is 0 Å². The van der Waals surface area contributed by atoms with Crippen molar-refractivity contribution in [3.63, 3.8) is 0 Å². The van der Waals surface area contributed by atoms with Crippen molar-refractivity contribution in [1.82, 2.24) is 9.80 Å². The van der Waals surface area contributed by atoms with E-state index in [1.165, 1.54) is 0 Å². The minimum absolute atomic E-state index is 0.179. The third-order valence-corrected chi connectivity index (χ3v) is 9.95. The zero-order valence-corrected chi connectivity index (χ0v) is 19.8. The molecule has 1 atom stereocenters. The summed E-state index contributed by atoms with van der Waals surface area (Å²) in [7, 11) is -3.76. The molecule has 172 valence electrons. The maximum Gasteiger partial charge on any atom is 0.244 e. The highest BCUT2D eigenvalue weighted by molar-refractivity contribution is 7.93. The second-order valence-corrected chi connectivity index (χ2v) is 11.8. The molecule has 0 unspecified atom stereocenters. The van der Waals surface area contributed by atoms with Gasteiger partial charge in [0.2, 0.25) is 5.91 Å². The number of benzene rings is 1. The summed E-state index contributed by atoms with van der Waals surface area (Å²) in [5, 5.41) is 0. The summed E-state index contributed by atoms with van der Waals surface area (Å²) >= 11 is 0. The molecule has 2 heterocycles. The first kappa shape index (κ1) is 22.7. The molecule has 3 fully saturated rings. The van der Waals surface area contributed by atoms with Gasteiger partial charge in [0, 0.05) is 32.8 Å². The largest absolute Gasteiger partial charge is 0.377 e. The van der Waals surface area contributed by atoms with Crippen LogP contribution in [0.4, 0.5) is 0 Å². The maximum absolute atomic E-state index is 13.8. The van der Waals surface area contributed by atoms with Gasteiger partial charge in [-0.2, -0.15) is 0 Å². The van der Waals surface area contributed by atoms with Crippen LogP contribution in [0.25, 0.3) is 0 Å². The first-order valence-corrected chi connectivity index (χ1v) is 13.3. The zero-order valence-electron chi connectivity index (χ0n) is 18.9. The number of carbonyl (C=O) groups excluding carboxylic acids is 1. The molecule has 1 amide bonds. The smallest absolute Gasteiger partial charge is 0.244 e. The molecule has 1 aromatic carbocycles. The molecule has 2 saturated heterocycles. The van der Waals surface area contributed by atoms with Crippen molar-refractivity contribution in [3.05, 3.63) is 29.3 Å². The van der Waals surface area contributed by atoms with Crippen LogP contribution in [-0.2, 0) is 19.4 Å². The summed E-state index contributed by atoms with van der Waals surface area (Å²) < 4.78 is 32.1. The van der Waals surface area contributed by atoms with Crippen molar-refractivity contribution in [1.29, 1.82) is 0 Å². The monoisotopic (exact) mass is 448 g/mol. The lowest BCUT2D eigenvalue weighted by atomic mass is 10.1. The summed E-state index contributed by atoms with van der Waals surface area (Å²) in [5.41, 5.74) is 2.01. The Balaban J connectivity index is 1.53. The first-order chi connectivity index (χ1) is 14.8. The second-order valence-electron chi connectivity index (χ2n) is 9.53. The number of amides is 1. The number of hydrogen-bond acceptors (Lipinski definition) is 5. The molecule has 0 bridgehead atoms. The van der Waals surface area contributed by atoms with Crippen LogP contribution in [0, 0.1) is 13.8 Å². The molecule has 0 aromatic heterocycles. The van der Waals surface area contributed by atoms with Crippen molar-refractivity contribution in [2.75, 3.05) is 39.3 Å². The van der Waals surface area contributed by atoms with Gasteiger partial charge >= 0.3 is 0 Å². The van der Waals surface area contributed by atoms with Gasteiger partial charge in [-0.05, 0) is 75.8 Å². The van der Waals surface area contributed by atoms with Crippen LogP contribution in [0.1, 0.15) is 56.1 Å². The van der Waals surface area contributed by atoms with Crippen LogP contribution in [0.5, 0.6) is 0 Å². The third-order valence-electron chi connectivity index (χ3n) is 7.47. The van der Waals surface area contributed by atoms with Gasteiger partial charge in [-0.1, -0.05) is 18.9 Å². The van der Waals surface area contributed by atoms with Gasteiger partial charge in [0.05, 0.1) is 11.0 Å². The second kappa shape index (κ2) is 9.20. The molecule has 1 saturated carbocycles. The molecule has 1 aromatic rings. The SMILES string of the molecule is Cc1ccc(S(=O)(=O)C2(C(=O)N3CCCN(C[C@@H]4CCCO4)CC3)CCCC2)cc1C. The lowest BCUT2D eigenvalue weighted by Gasteiger charge is -2.34. The van der Waals surface area contributed by atoms with E-state index in [2.05, 4.69) is 4.90 Å². The fourth-order valence-electron chi connectivity index (χ4n) is 5.37. The van der Waals surface area contributed by atoms with Gasteiger partial charge in [0.15, 0.2) is 14.6 Å². The summed E-state index contributed by atoms with van der Waals surface area (Å²) in [6, 6.07) is 5.27. The number of ether oxygens (including phenoxy) is 1. The maximum atomic E-state index is 13.8. The predicted molar refractivity (Wildman–Crippen MR) is 121 cm³/mol. The molecule has 2 aliphatic heterocycles. The molecule has 0 radical (unpaired) electrons. The lowest BCUT2D eigenvalue weighted by Crippen LogP contribution is -2.53. The molecule has 0 spiro atoms. The van der Waals surface area contributed by atoms with Crippen molar-refractivity contribution in [2.24, 2.45) is 0 Å². The zero-order chi connectivity index (χ0) is 22.1. The molecule has 6 nitrogen and oxygen atoms in total. The van der Waals surface area contributed by atoms with Crippen molar-refractivity contribution in [3.8, 4) is 0 Å². The Kier molecular flexibility index (Phi) is 6.75. The Bertz CT molecular complexity index is 902. The van der Waals surface area contributed by atoms with Crippen LogP contribution in [0.2, 0.25) is 0 Å². The van der Waals surface area contributed by atoms with Gasteiger partial charge in [0.25, 0.3) is 0 Å². The Morgan fingerprint density at radius 3 is 2.48 bits per heavy atom.